The Hall–Kier alpha value is -1.71. The number of hydrogen-bond acceptors (Lipinski definition) is 3. The number of aliphatic hydroxyl groups is 2. The molecule has 2 unspecified atom stereocenters. The lowest BCUT2D eigenvalue weighted by Crippen LogP contribution is -2.10. The summed E-state index contributed by atoms with van der Waals surface area (Å²) < 4.78 is 0. The van der Waals surface area contributed by atoms with E-state index in [0.717, 1.165) is 5.69 Å². The maximum Gasteiger partial charge on any atom is 0.111 e. The molecule has 2 aromatic rings. The van der Waals surface area contributed by atoms with Crippen LogP contribution in [0.1, 0.15) is 29.0 Å². The van der Waals surface area contributed by atoms with Crippen LogP contribution in [0.5, 0.6) is 0 Å². The van der Waals surface area contributed by atoms with Crippen molar-refractivity contribution in [1.82, 2.24) is 4.98 Å². The molecule has 0 spiro atoms. The second kappa shape index (κ2) is 5.08. The zero-order valence-corrected chi connectivity index (χ0v) is 9.62. The molecule has 2 rings (SSSR count). The summed E-state index contributed by atoms with van der Waals surface area (Å²) in [6, 6.07) is 12.7. The molecule has 0 aliphatic rings. The summed E-state index contributed by atoms with van der Waals surface area (Å²) in [7, 11) is 0. The smallest absolute Gasteiger partial charge is 0.111 e. The van der Waals surface area contributed by atoms with Gasteiger partial charge >= 0.3 is 0 Å². The molecule has 0 bridgehead atoms. The van der Waals surface area contributed by atoms with Crippen LogP contribution in [0, 0.1) is 6.92 Å². The highest BCUT2D eigenvalue weighted by Gasteiger charge is 2.19. The second-order valence-electron chi connectivity index (χ2n) is 4.03. The molecule has 1 heterocycles. The predicted octanol–water partition coefficient (Wildman–Crippen LogP) is 2.16. The maximum atomic E-state index is 10.0. The van der Waals surface area contributed by atoms with Gasteiger partial charge in [-0.05, 0) is 18.6 Å². The number of nitrogens with zero attached hydrogens (tertiary/aromatic N) is 1. The van der Waals surface area contributed by atoms with E-state index in [9.17, 15) is 10.2 Å². The van der Waals surface area contributed by atoms with Gasteiger partial charge in [-0.1, -0.05) is 36.4 Å². The monoisotopic (exact) mass is 229 g/mol. The first kappa shape index (κ1) is 11.8. The third-order valence-corrected chi connectivity index (χ3v) is 2.72. The van der Waals surface area contributed by atoms with Crippen LogP contribution >= 0.6 is 0 Å². The Morgan fingerprint density at radius 1 is 0.882 bits per heavy atom. The Morgan fingerprint density at radius 3 is 2.12 bits per heavy atom. The van der Waals surface area contributed by atoms with Crippen LogP contribution in [0.4, 0.5) is 0 Å². The predicted molar refractivity (Wildman–Crippen MR) is 65.3 cm³/mol. The third kappa shape index (κ3) is 2.70. The van der Waals surface area contributed by atoms with Crippen molar-refractivity contribution >= 4 is 0 Å². The molecule has 0 aliphatic carbocycles. The number of hydrogen-bond donors (Lipinski definition) is 2. The highest BCUT2D eigenvalue weighted by Crippen LogP contribution is 2.27. The van der Waals surface area contributed by atoms with Gasteiger partial charge in [-0.15, -0.1) is 0 Å². The number of aliphatic hydroxyl groups excluding tert-OH is 2. The number of rotatable bonds is 3. The summed E-state index contributed by atoms with van der Waals surface area (Å²) in [6.07, 6.45) is -0.294. The summed E-state index contributed by atoms with van der Waals surface area (Å²) in [5, 5.41) is 20.1. The molecule has 1 aromatic carbocycles. The van der Waals surface area contributed by atoms with E-state index in [-0.39, 0.29) is 0 Å². The molecule has 1 aromatic heterocycles. The summed E-state index contributed by atoms with van der Waals surface area (Å²) in [6.45, 7) is 1.88. The van der Waals surface area contributed by atoms with E-state index in [4.69, 9.17) is 0 Å². The molecule has 2 N–H and O–H groups in total. The van der Waals surface area contributed by atoms with Crippen molar-refractivity contribution in [1.29, 1.82) is 0 Å². The normalized spacial score (nSPS) is 14.3. The van der Waals surface area contributed by atoms with Crippen LogP contribution in [0.25, 0.3) is 0 Å². The van der Waals surface area contributed by atoms with Gasteiger partial charge in [-0.3, -0.25) is 4.98 Å². The van der Waals surface area contributed by atoms with E-state index in [1.54, 1.807) is 24.4 Å². The Bertz CT molecular complexity index is 467. The van der Waals surface area contributed by atoms with Gasteiger partial charge in [0.1, 0.15) is 12.2 Å². The van der Waals surface area contributed by atoms with Gasteiger partial charge in [0, 0.05) is 17.5 Å². The molecule has 0 saturated carbocycles. The van der Waals surface area contributed by atoms with Gasteiger partial charge in [0.15, 0.2) is 0 Å². The number of aryl methyl sites for hydroxylation is 1. The van der Waals surface area contributed by atoms with Crippen LogP contribution in [0.2, 0.25) is 0 Å². The van der Waals surface area contributed by atoms with Gasteiger partial charge < -0.3 is 10.2 Å². The molecule has 0 aliphatic heterocycles. The minimum absolute atomic E-state index is 0.618. The second-order valence-corrected chi connectivity index (χ2v) is 4.03. The fourth-order valence-corrected chi connectivity index (χ4v) is 1.67. The average molecular weight is 229 g/mol. The van der Waals surface area contributed by atoms with Gasteiger partial charge in [0.2, 0.25) is 0 Å². The molecule has 0 amide bonds. The molecule has 2 atom stereocenters. The molecular weight excluding hydrogens is 214 g/mol. The van der Waals surface area contributed by atoms with E-state index in [2.05, 4.69) is 4.98 Å². The Morgan fingerprint density at radius 2 is 1.53 bits per heavy atom. The standard InChI is InChI=1S/C14H15NO2/c1-10-7-8-12(9-15-10)14(17)13(16)11-5-3-2-4-6-11/h2-9,13-14,16-17H,1H3. The highest BCUT2D eigenvalue weighted by molar-refractivity contribution is 5.23. The van der Waals surface area contributed by atoms with E-state index < -0.39 is 12.2 Å². The van der Waals surface area contributed by atoms with Crippen molar-refractivity contribution in [3.63, 3.8) is 0 Å². The van der Waals surface area contributed by atoms with Crippen LogP contribution in [0.3, 0.4) is 0 Å². The average Bonchev–Trinajstić information content (AvgIpc) is 2.39. The van der Waals surface area contributed by atoms with Crippen molar-refractivity contribution in [2.24, 2.45) is 0 Å². The maximum absolute atomic E-state index is 10.0. The molecule has 0 saturated heterocycles. The Kier molecular flexibility index (Phi) is 3.52. The highest BCUT2D eigenvalue weighted by atomic mass is 16.3. The molecule has 3 nitrogen and oxygen atoms in total. The van der Waals surface area contributed by atoms with E-state index in [0.29, 0.717) is 11.1 Å². The molecule has 0 fully saturated rings. The van der Waals surface area contributed by atoms with Gasteiger partial charge in [0.25, 0.3) is 0 Å². The SMILES string of the molecule is Cc1ccc(C(O)C(O)c2ccccc2)cn1. The van der Waals surface area contributed by atoms with E-state index in [1.165, 1.54) is 0 Å². The largest absolute Gasteiger partial charge is 0.385 e. The fourth-order valence-electron chi connectivity index (χ4n) is 1.67. The first-order chi connectivity index (χ1) is 8.18. The first-order valence-corrected chi connectivity index (χ1v) is 5.52. The molecule has 17 heavy (non-hydrogen) atoms. The van der Waals surface area contributed by atoms with Crippen molar-refractivity contribution < 1.29 is 10.2 Å². The summed E-state index contributed by atoms with van der Waals surface area (Å²) in [5.41, 5.74) is 2.20. The van der Waals surface area contributed by atoms with Crippen molar-refractivity contribution in [3.05, 3.63) is 65.5 Å². The lowest BCUT2D eigenvalue weighted by atomic mass is 9.99. The van der Waals surface area contributed by atoms with Gasteiger partial charge in [-0.25, -0.2) is 0 Å². The van der Waals surface area contributed by atoms with Gasteiger partial charge in [0.05, 0.1) is 0 Å². The lowest BCUT2D eigenvalue weighted by Gasteiger charge is -2.18. The van der Waals surface area contributed by atoms with Gasteiger partial charge in [-0.2, -0.15) is 0 Å². The Labute approximate surface area is 100 Å². The van der Waals surface area contributed by atoms with E-state index in [1.807, 2.05) is 31.2 Å². The summed E-state index contributed by atoms with van der Waals surface area (Å²) in [5.74, 6) is 0. The molecule has 0 radical (unpaired) electrons. The quantitative estimate of drug-likeness (QED) is 0.848. The lowest BCUT2D eigenvalue weighted by molar-refractivity contribution is 0.0170. The zero-order valence-electron chi connectivity index (χ0n) is 9.62. The minimum atomic E-state index is -0.953. The topological polar surface area (TPSA) is 53.4 Å². The summed E-state index contributed by atoms with van der Waals surface area (Å²) >= 11 is 0. The van der Waals surface area contributed by atoms with Crippen molar-refractivity contribution in [2.45, 2.75) is 19.1 Å². The summed E-state index contributed by atoms with van der Waals surface area (Å²) in [4.78, 5) is 4.11. The molecule has 3 heteroatoms. The minimum Gasteiger partial charge on any atom is -0.385 e. The number of benzene rings is 1. The number of pyridine rings is 1. The first-order valence-electron chi connectivity index (χ1n) is 5.52. The Balaban J connectivity index is 2.20. The molecule has 88 valence electrons. The van der Waals surface area contributed by atoms with Crippen LogP contribution in [-0.4, -0.2) is 15.2 Å². The van der Waals surface area contributed by atoms with E-state index >= 15 is 0 Å². The zero-order chi connectivity index (χ0) is 12.3. The van der Waals surface area contributed by atoms with Crippen LogP contribution in [0.15, 0.2) is 48.7 Å². The molecular formula is C14H15NO2. The fraction of sp³-hybridized carbons (Fsp3) is 0.214. The van der Waals surface area contributed by atoms with Crippen molar-refractivity contribution in [2.75, 3.05) is 0 Å². The van der Waals surface area contributed by atoms with Crippen LogP contribution < -0.4 is 0 Å². The number of aromatic nitrogens is 1. The van der Waals surface area contributed by atoms with Crippen LogP contribution in [-0.2, 0) is 0 Å². The third-order valence-electron chi connectivity index (χ3n) is 2.72. The van der Waals surface area contributed by atoms with Crippen molar-refractivity contribution in [3.8, 4) is 0 Å².